The van der Waals surface area contributed by atoms with Gasteiger partial charge in [0.05, 0.1) is 88.0 Å². The third-order valence-electron chi connectivity index (χ3n) is 19.4. The molecule has 25 nitrogen and oxygen atoms in total. The average molecular weight is 1420 g/mol. The van der Waals surface area contributed by atoms with Gasteiger partial charge in [0.2, 0.25) is 41.9 Å². The summed E-state index contributed by atoms with van der Waals surface area (Å²) in [4.78, 5) is 31.1. The molecule has 15 rings (SSSR count). The molecule has 5 fully saturated rings. The highest BCUT2D eigenvalue weighted by molar-refractivity contribution is 7.88. The van der Waals surface area contributed by atoms with E-state index in [0.717, 1.165) is 140 Å². The number of carbonyl (C=O) groups is 2. The molecule has 0 unspecified atom stereocenters. The zero-order valence-electron chi connectivity index (χ0n) is 55.7. The van der Waals surface area contributed by atoms with Crippen LogP contribution >= 0.6 is 23.2 Å². The number of nitrogens with zero attached hydrogens (tertiary/aromatic N) is 13. The predicted molar refractivity (Wildman–Crippen MR) is 384 cm³/mol. The van der Waals surface area contributed by atoms with Gasteiger partial charge in [0.15, 0.2) is 0 Å². The van der Waals surface area contributed by atoms with E-state index in [2.05, 4.69) is 111 Å². The Morgan fingerprint density at radius 3 is 1.49 bits per heavy atom. The summed E-state index contributed by atoms with van der Waals surface area (Å²) in [6, 6.07) is 24.6. The van der Waals surface area contributed by atoms with Gasteiger partial charge >= 0.3 is 0 Å². The molecule has 5 aromatic carbocycles. The summed E-state index contributed by atoms with van der Waals surface area (Å²) >= 11 is 12.3. The zero-order valence-corrected chi connectivity index (χ0v) is 59.7. The molecule has 97 heavy (non-hydrogen) atoms. The Balaban J connectivity index is 0.000000123. The Morgan fingerprint density at radius 2 is 0.948 bits per heavy atom. The van der Waals surface area contributed by atoms with Crippen LogP contribution in [0.3, 0.4) is 0 Å². The van der Waals surface area contributed by atoms with Crippen molar-refractivity contribution in [2.75, 3.05) is 120 Å². The van der Waals surface area contributed by atoms with Crippen LogP contribution in [0, 0.1) is 6.92 Å². The summed E-state index contributed by atoms with van der Waals surface area (Å²) in [7, 11) is -7.24. The fourth-order valence-corrected chi connectivity index (χ4v) is 17.0. The first-order chi connectivity index (χ1) is 46.3. The van der Waals surface area contributed by atoms with Gasteiger partial charge in [-0.25, -0.2) is 38.2 Å². The van der Waals surface area contributed by atoms with E-state index >= 15 is 0 Å². The first-order valence-corrected chi connectivity index (χ1v) is 39.0. The summed E-state index contributed by atoms with van der Waals surface area (Å²) in [5.41, 5.74) is 12.3. The number of carbonyl (C=O) groups excluding carboxylic acids is 2. The van der Waals surface area contributed by atoms with Gasteiger partial charge in [0.25, 0.3) is 0 Å². The Kier molecular flexibility index (Phi) is 22.0. The van der Waals surface area contributed by atoms with E-state index in [1.807, 2.05) is 70.6 Å². The van der Waals surface area contributed by atoms with Gasteiger partial charge in [-0.05, 0) is 128 Å². The number of aryl methyl sites for hydroxylation is 2. The molecule has 0 saturated carbocycles. The fraction of sp³-hybridized carbons (Fsp3) is 0.448. The van der Waals surface area contributed by atoms with Crippen molar-refractivity contribution in [2.45, 2.75) is 77.0 Å². The van der Waals surface area contributed by atoms with Crippen molar-refractivity contribution >= 4 is 131 Å². The monoisotopic (exact) mass is 1420 g/mol. The summed E-state index contributed by atoms with van der Waals surface area (Å²) in [5.74, 6) is 1.42. The van der Waals surface area contributed by atoms with Crippen molar-refractivity contribution in [2.24, 2.45) is 7.05 Å². The maximum absolute atomic E-state index is 11.6. The molecule has 10 heterocycles. The van der Waals surface area contributed by atoms with Crippen molar-refractivity contribution in [1.29, 1.82) is 0 Å². The highest BCUT2D eigenvalue weighted by atomic mass is 35.5. The minimum Gasteiger partial charge on any atom is -0.368 e. The molecule has 4 N–H and O–H groups in total. The summed E-state index contributed by atoms with van der Waals surface area (Å²) in [5, 5.41) is 39.4. The van der Waals surface area contributed by atoms with Crippen molar-refractivity contribution < 1.29 is 34.8 Å². The van der Waals surface area contributed by atoms with Crippen molar-refractivity contribution in [1.82, 2.24) is 73.3 Å². The van der Waals surface area contributed by atoms with E-state index in [0.29, 0.717) is 67.1 Å². The Hall–Kier alpha value is -7.70. The maximum atomic E-state index is 11.6. The number of hydrogen-bond donors (Lipinski definition) is 4. The van der Waals surface area contributed by atoms with E-state index in [1.165, 1.54) is 57.7 Å². The third kappa shape index (κ3) is 16.7. The smallest absolute Gasteiger partial charge is 0.219 e. The zero-order chi connectivity index (χ0) is 68.9. The van der Waals surface area contributed by atoms with Crippen molar-refractivity contribution in [3.63, 3.8) is 0 Å². The molecule has 10 aromatic rings. The van der Waals surface area contributed by atoms with Gasteiger partial charge in [-0.15, -0.1) is 0 Å². The average Bonchev–Trinajstić information content (AvgIpc) is 1.79. The molecule has 30 heteroatoms. The number of aromatic nitrogens is 10. The van der Waals surface area contributed by atoms with Crippen LogP contribution in [0.1, 0.15) is 92.4 Å². The van der Waals surface area contributed by atoms with Crippen LogP contribution in [0.2, 0.25) is 10.0 Å². The van der Waals surface area contributed by atoms with E-state index in [1.54, 1.807) is 33.0 Å². The molecule has 518 valence electrons. The number of rotatable bonds is 8. The second-order valence-corrected chi connectivity index (χ2v) is 32.5. The first kappa shape index (κ1) is 70.6. The molecule has 0 spiro atoms. The number of H-pyrrole nitrogens is 4. The second-order valence-electron chi connectivity index (χ2n) is 25.7. The quantitative estimate of drug-likeness (QED) is 0.110. The molecule has 0 bridgehead atoms. The third-order valence-corrected chi connectivity index (χ3v) is 23.9. The molecular formula is C67H85Cl2N17O8S3. The van der Waals surface area contributed by atoms with Gasteiger partial charge in [-0.1, -0.05) is 53.5 Å². The van der Waals surface area contributed by atoms with Gasteiger partial charge in [0, 0.05) is 150 Å². The molecule has 5 saturated heterocycles. The van der Waals surface area contributed by atoms with Gasteiger partial charge in [-0.3, -0.25) is 34.7 Å². The number of halogens is 2. The van der Waals surface area contributed by atoms with E-state index in [4.69, 9.17) is 23.2 Å². The topological polar surface area (TPSA) is 292 Å². The highest BCUT2D eigenvalue weighted by Gasteiger charge is 2.31. The molecule has 5 aliphatic heterocycles. The number of amides is 2. The number of para-hydroxylation sites is 1. The maximum Gasteiger partial charge on any atom is 0.219 e. The van der Waals surface area contributed by atoms with E-state index < -0.39 is 30.1 Å². The molecule has 0 atom stereocenters. The van der Waals surface area contributed by atoms with Crippen LogP contribution in [-0.2, 0) is 46.7 Å². The number of piperidine rings is 3. The van der Waals surface area contributed by atoms with Crippen LogP contribution in [0.25, 0.3) is 54.5 Å². The number of benzene rings is 5. The summed E-state index contributed by atoms with van der Waals surface area (Å²) in [6.07, 6.45) is 18.1. The lowest BCUT2D eigenvalue weighted by Crippen LogP contribution is -2.48. The minimum absolute atomic E-state index is 0.165. The first-order valence-electron chi connectivity index (χ1n) is 32.7. The van der Waals surface area contributed by atoms with Crippen molar-refractivity contribution in [3.8, 4) is 0 Å². The Morgan fingerprint density at radius 1 is 0.474 bits per heavy atom. The molecule has 0 radical (unpaired) electrons. The number of piperazine rings is 2. The Labute approximate surface area is 575 Å². The normalized spacial score (nSPS) is 17.7. The van der Waals surface area contributed by atoms with E-state index in [-0.39, 0.29) is 11.8 Å². The number of aromatic amines is 4. The van der Waals surface area contributed by atoms with Gasteiger partial charge < -0.3 is 19.6 Å². The fourth-order valence-electron chi connectivity index (χ4n) is 13.9. The Bertz CT molecular complexity index is 4640. The van der Waals surface area contributed by atoms with Crippen LogP contribution in [0.4, 0.5) is 11.4 Å². The van der Waals surface area contributed by atoms with Crippen LogP contribution in [-0.4, -0.2) is 221 Å². The highest BCUT2D eigenvalue weighted by Crippen LogP contribution is 2.38. The lowest BCUT2D eigenvalue weighted by molar-refractivity contribution is -0.129. The number of hydrogen-bond acceptors (Lipinski definition) is 15. The SMILES string of the molecule is CC(=O)N1CCN(c2ccc3[nH]ncc3c2)CC1.CC(=O)N1CCN(c2cccc3cnn(C)c23)CC1.CS(=O)(=O)N1CCC(c2cc(Cl)cc3[nH]ncc23)CC1.CS(=O)(=O)N1CCC(c2ccc(Cl)c3[nH]ncc23)CC1.Cc1ccc(C2CCN(S(C)(=O)=O)CC2)c2cn[nH]c12. The lowest BCUT2D eigenvalue weighted by Gasteiger charge is -2.36. The predicted octanol–water partition coefficient (Wildman–Crippen LogP) is 9.19. The lowest BCUT2D eigenvalue weighted by atomic mass is 9.87. The summed E-state index contributed by atoms with van der Waals surface area (Å²) in [6.45, 7) is 15.6. The number of sulfonamides is 3. The number of nitrogens with one attached hydrogen (secondary N) is 4. The summed E-state index contributed by atoms with van der Waals surface area (Å²) < 4.78 is 75.9. The van der Waals surface area contributed by atoms with Gasteiger partial charge in [-0.2, -0.15) is 25.5 Å². The molecule has 2 amide bonds. The molecule has 5 aromatic heterocycles. The minimum atomic E-state index is -3.08. The second kappa shape index (κ2) is 30.2. The van der Waals surface area contributed by atoms with Crippen molar-refractivity contribution in [3.05, 3.63) is 136 Å². The van der Waals surface area contributed by atoms with E-state index in [9.17, 15) is 34.8 Å². The van der Waals surface area contributed by atoms with Crippen LogP contribution < -0.4 is 9.80 Å². The molecule has 5 aliphatic rings. The number of fused-ring (bicyclic) bond motifs is 5. The van der Waals surface area contributed by atoms with Crippen LogP contribution in [0.15, 0.2) is 104 Å². The van der Waals surface area contributed by atoms with Gasteiger partial charge in [0.1, 0.15) is 0 Å². The van der Waals surface area contributed by atoms with Crippen LogP contribution in [0.5, 0.6) is 0 Å². The molecule has 0 aliphatic carbocycles. The molecular weight excluding hydrogens is 1340 g/mol. The largest absolute Gasteiger partial charge is 0.368 e. The number of anilines is 2. The standard InChI is InChI=1S/C14H18N4O.C14H19N3O2S.2C13H16ClN3O2S.C13H16N4O/c1-11(19)17-6-8-18(9-7-17)13-5-3-4-12-10-15-16(2)14(12)13;1-10-3-4-12(13-9-15-16-14(10)13)11-5-7-17(8-6-11)20(2,18)19;1-20(18,19)17-4-2-9(3-5-17)11-6-10(14)7-13-12(11)8-15-16-13;1-20(18,19)17-6-4-9(5-7-17)10-2-3-12(14)13-11(10)8-15-16-13;1-10(18)16-4-6-17(7-5-16)12-2-3-13-11(8-12)9-14-15-13/h3-5,10H,6-9H2,1-2H3;3-4,9,11H,5-8H2,1-2H3,(H,15,16);6-9H,2-5H2,1H3,(H,15,16);2-3,8-9H,4-7H2,1H3,(H,15,16);2-3,8-9H,4-7H2,1H3,(H,14,15).